The fraction of sp³-hybridized carbons (Fsp3) is 0.500. The normalized spacial score (nSPS) is 10.4. The molecule has 14 heavy (non-hydrogen) atoms. The van der Waals surface area contributed by atoms with E-state index >= 15 is 0 Å². The first-order chi connectivity index (χ1) is 6.83. The molecule has 0 bridgehead atoms. The van der Waals surface area contributed by atoms with E-state index in [1.807, 2.05) is 0 Å². The number of hydrogen-bond acceptors (Lipinski definition) is 2. The van der Waals surface area contributed by atoms with E-state index in [1.54, 1.807) is 0 Å². The molecule has 0 saturated heterocycles. The average Bonchev–Trinajstić information content (AvgIpc) is 2.21. The van der Waals surface area contributed by atoms with E-state index in [0.29, 0.717) is 0 Å². The van der Waals surface area contributed by atoms with Crippen molar-refractivity contribution in [2.75, 3.05) is 13.1 Å². The highest BCUT2D eigenvalue weighted by Gasteiger charge is 1.91. The molecular weight excluding hydrogens is 172 g/mol. The van der Waals surface area contributed by atoms with Gasteiger partial charge < -0.3 is 11.1 Å². The van der Waals surface area contributed by atoms with Crippen LogP contribution in [-0.4, -0.2) is 13.1 Å². The summed E-state index contributed by atoms with van der Waals surface area (Å²) >= 11 is 0. The van der Waals surface area contributed by atoms with E-state index in [4.69, 9.17) is 5.73 Å². The molecule has 78 valence electrons. The van der Waals surface area contributed by atoms with Crippen LogP contribution < -0.4 is 11.1 Å². The largest absolute Gasteiger partial charge is 0.330 e. The molecule has 0 aliphatic rings. The number of rotatable bonds is 6. The monoisotopic (exact) mass is 192 g/mol. The smallest absolute Gasteiger partial charge is 0.0205 e. The lowest BCUT2D eigenvalue weighted by molar-refractivity contribution is 0.627. The molecule has 1 aromatic carbocycles. The van der Waals surface area contributed by atoms with Crippen LogP contribution >= 0.6 is 0 Å². The van der Waals surface area contributed by atoms with Gasteiger partial charge in [0.25, 0.3) is 0 Å². The lowest BCUT2D eigenvalue weighted by Gasteiger charge is -2.04. The zero-order valence-corrected chi connectivity index (χ0v) is 8.92. The fourth-order valence-electron chi connectivity index (χ4n) is 1.33. The van der Waals surface area contributed by atoms with Crippen LogP contribution in [-0.2, 0) is 6.54 Å². The zero-order chi connectivity index (χ0) is 10.2. The zero-order valence-electron chi connectivity index (χ0n) is 8.92. The topological polar surface area (TPSA) is 38.0 Å². The van der Waals surface area contributed by atoms with Crippen molar-refractivity contribution in [3.05, 3.63) is 35.4 Å². The summed E-state index contributed by atoms with van der Waals surface area (Å²) < 4.78 is 0. The van der Waals surface area contributed by atoms with Crippen LogP contribution in [0.1, 0.15) is 24.0 Å². The Morgan fingerprint density at radius 3 is 2.50 bits per heavy atom. The molecule has 0 heterocycles. The number of hydrogen-bond donors (Lipinski definition) is 2. The molecule has 0 aliphatic carbocycles. The van der Waals surface area contributed by atoms with Gasteiger partial charge in [-0.2, -0.15) is 0 Å². The van der Waals surface area contributed by atoms with Crippen molar-refractivity contribution in [2.24, 2.45) is 5.73 Å². The molecule has 0 atom stereocenters. The van der Waals surface area contributed by atoms with Crippen LogP contribution in [0.5, 0.6) is 0 Å². The molecule has 3 N–H and O–H groups in total. The molecule has 2 nitrogen and oxygen atoms in total. The van der Waals surface area contributed by atoms with Crippen molar-refractivity contribution in [3.63, 3.8) is 0 Å². The second kappa shape index (κ2) is 6.57. The Kier molecular flexibility index (Phi) is 5.27. The summed E-state index contributed by atoms with van der Waals surface area (Å²) in [7, 11) is 0. The lowest BCUT2D eigenvalue weighted by atomic mass is 10.1. The summed E-state index contributed by atoms with van der Waals surface area (Å²) in [5, 5.41) is 3.40. The van der Waals surface area contributed by atoms with E-state index < -0.39 is 0 Å². The molecule has 0 radical (unpaired) electrons. The first-order valence-corrected chi connectivity index (χ1v) is 5.29. The molecule has 1 aromatic rings. The van der Waals surface area contributed by atoms with Gasteiger partial charge in [-0.3, -0.25) is 0 Å². The van der Waals surface area contributed by atoms with Crippen LogP contribution in [0.15, 0.2) is 24.3 Å². The Hall–Kier alpha value is -0.860. The van der Waals surface area contributed by atoms with Gasteiger partial charge in [-0.1, -0.05) is 29.8 Å². The third-order valence-corrected chi connectivity index (χ3v) is 2.26. The molecule has 0 aliphatic heterocycles. The number of unbranched alkanes of at least 4 members (excludes halogenated alkanes) is 1. The molecule has 0 amide bonds. The van der Waals surface area contributed by atoms with Crippen LogP contribution in [0.25, 0.3) is 0 Å². The first-order valence-electron chi connectivity index (χ1n) is 5.29. The van der Waals surface area contributed by atoms with Crippen molar-refractivity contribution < 1.29 is 0 Å². The summed E-state index contributed by atoms with van der Waals surface area (Å²) in [5.41, 5.74) is 8.08. The summed E-state index contributed by atoms with van der Waals surface area (Å²) in [4.78, 5) is 0. The maximum absolute atomic E-state index is 5.41. The molecule has 1 rings (SSSR count). The SMILES string of the molecule is Cc1ccc(CNCCCCN)cc1. The van der Waals surface area contributed by atoms with Crippen LogP contribution in [0, 0.1) is 6.92 Å². The van der Waals surface area contributed by atoms with Crippen LogP contribution in [0.2, 0.25) is 0 Å². The predicted molar refractivity (Wildman–Crippen MR) is 61.2 cm³/mol. The molecule has 0 aromatic heterocycles. The molecule has 0 spiro atoms. The number of benzene rings is 1. The highest BCUT2D eigenvalue weighted by molar-refractivity contribution is 5.20. The van der Waals surface area contributed by atoms with E-state index in [0.717, 1.165) is 26.1 Å². The quantitative estimate of drug-likeness (QED) is 0.675. The van der Waals surface area contributed by atoms with Gasteiger partial charge in [0.05, 0.1) is 0 Å². The molecule has 0 unspecified atom stereocenters. The Morgan fingerprint density at radius 2 is 1.86 bits per heavy atom. The Labute approximate surface area is 86.5 Å². The van der Waals surface area contributed by atoms with Gasteiger partial charge in [0.1, 0.15) is 0 Å². The Morgan fingerprint density at radius 1 is 1.14 bits per heavy atom. The third-order valence-electron chi connectivity index (χ3n) is 2.26. The molecule has 2 heteroatoms. The Bertz CT molecular complexity index is 241. The van der Waals surface area contributed by atoms with Crippen molar-refractivity contribution in [2.45, 2.75) is 26.3 Å². The molecular formula is C12H20N2. The third kappa shape index (κ3) is 4.40. The van der Waals surface area contributed by atoms with E-state index in [1.165, 1.54) is 17.5 Å². The van der Waals surface area contributed by atoms with Gasteiger partial charge in [0, 0.05) is 6.54 Å². The predicted octanol–water partition coefficient (Wildman–Crippen LogP) is 1.82. The lowest BCUT2D eigenvalue weighted by Crippen LogP contribution is -2.15. The first kappa shape index (κ1) is 11.2. The van der Waals surface area contributed by atoms with Gasteiger partial charge in [-0.05, 0) is 38.4 Å². The second-order valence-electron chi connectivity index (χ2n) is 3.66. The van der Waals surface area contributed by atoms with Gasteiger partial charge in [-0.25, -0.2) is 0 Å². The van der Waals surface area contributed by atoms with Gasteiger partial charge in [0.15, 0.2) is 0 Å². The molecule has 0 saturated carbocycles. The number of nitrogens with one attached hydrogen (secondary N) is 1. The average molecular weight is 192 g/mol. The fourth-order valence-corrected chi connectivity index (χ4v) is 1.33. The van der Waals surface area contributed by atoms with E-state index in [-0.39, 0.29) is 0 Å². The maximum Gasteiger partial charge on any atom is 0.0205 e. The van der Waals surface area contributed by atoms with Crippen molar-refractivity contribution in [1.82, 2.24) is 5.32 Å². The van der Waals surface area contributed by atoms with E-state index in [9.17, 15) is 0 Å². The van der Waals surface area contributed by atoms with Crippen molar-refractivity contribution in [3.8, 4) is 0 Å². The number of nitrogens with two attached hydrogens (primary N) is 1. The van der Waals surface area contributed by atoms with Crippen LogP contribution in [0.4, 0.5) is 0 Å². The summed E-state index contributed by atoms with van der Waals surface area (Å²) in [6, 6.07) is 8.64. The summed E-state index contributed by atoms with van der Waals surface area (Å²) in [6.45, 7) is 4.93. The highest BCUT2D eigenvalue weighted by Crippen LogP contribution is 2.02. The van der Waals surface area contributed by atoms with Crippen molar-refractivity contribution >= 4 is 0 Å². The minimum Gasteiger partial charge on any atom is -0.330 e. The van der Waals surface area contributed by atoms with Gasteiger partial charge >= 0.3 is 0 Å². The number of aryl methyl sites for hydroxylation is 1. The molecule has 0 fully saturated rings. The summed E-state index contributed by atoms with van der Waals surface area (Å²) in [6.07, 6.45) is 2.28. The van der Waals surface area contributed by atoms with Crippen LogP contribution in [0.3, 0.4) is 0 Å². The minimum atomic E-state index is 0.798. The van der Waals surface area contributed by atoms with E-state index in [2.05, 4.69) is 36.5 Å². The maximum atomic E-state index is 5.41. The second-order valence-corrected chi connectivity index (χ2v) is 3.66. The Balaban J connectivity index is 2.15. The summed E-state index contributed by atoms with van der Waals surface area (Å²) in [5.74, 6) is 0. The standard InChI is InChI=1S/C12H20N2/c1-11-4-6-12(7-5-11)10-14-9-3-2-8-13/h4-7,14H,2-3,8-10,13H2,1H3. The highest BCUT2D eigenvalue weighted by atomic mass is 14.8. The minimum absolute atomic E-state index is 0.798. The van der Waals surface area contributed by atoms with Crippen molar-refractivity contribution in [1.29, 1.82) is 0 Å². The van der Waals surface area contributed by atoms with Gasteiger partial charge in [0.2, 0.25) is 0 Å². The van der Waals surface area contributed by atoms with Gasteiger partial charge in [-0.15, -0.1) is 0 Å².